The van der Waals surface area contributed by atoms with Gasteiger partial charge in [0.25, 0.3) is 0 Å². The molecule has 1 saturated heterocycles. The van der Waals surface area contributed by atoms with E-state index in [-0.39, 0.29) is 6.61 Å². The number of carbonyl (C=O) groups excluding carboxylic acids is 2. The summed E-state index contributed by atoms with van der Waals surface area (Å²) < 4.78 is 37.6. The Kier molecular flexibility index (Phi) is 5.74. The van der Waals surface area contributed by atoms with E-state index in [9.17, 15) is 23.5 Å². The standard InChI is InChI=1S/C12H19F2NO6/c1-3-20-11(19)12(14)10(13)7(15)5(2)9(21-12)8(18)6(17)4-16/h5,7-10,16,18H,3-4,15H2,1-2H3. The van der Waals surface area contributed by atoms with E-state index < -0.39 is 54.6 Å². The number of rotatable bonds is 5. The highest BCUT2D eigenvalue weighted by molar-refractivity contribution is 5.85. The maximum atomic E-state index is 14.5. The summed E-state index contributed by atoms with van der Waals surface area (Å²) in [6, 6.07) is -1.50. The summed E-state index contributed by atoms with van der Waals surface area (Å²) in [7, 11) is 0. The zero-order valence-corrected chi connectivity index (χ0v) is 11.7. The van der Waals surface area contributed by atoms with E-state index in [1.807, 2.05) is 0 Å². The number of Topliss-reactive ketones (excluding diaryl/α,β-unsaturated/α-hetero) is 1. The molecule has 122 valence electrons. The third-order valence-corrected chi connectivity index (χ3v) is 3.48. The van der Waals surface area contributed by atoms with Gasteiger partial charge in [0, 0.05) is 12.0 Å². The molecule has 9 heteroatoms. The van der Waals surface area contributed by atoms with Crippen LogP contribution in [0.5, 0.6) is 0 Å². The molecule has 1 aliphatic rings. The van der Waals surface area contributed by atoms with Gasteiger partial charge >= 0.3 is 11.8 Å². The lowest BCUT2D eigenvalue weighted by molar-refractivity contribution is -0.276. The summed E-state index contributed by atoms with van der Waals surface area (Å²) in [5.74, 6) is -7.15. The van der Waals surface area contributed by atoms with Crippen molar-refractivity contribution in [3.8, 4) is 0 Å². The van der Waals surface area contributed by atoms with Crippen LogP contribution in [-0.2, 0) is 19.1 Å². The van der Waals surface area contributed by atoms with Crippen molar-refractivity contribution in [2.75, 3.05) is 13.2 Å². The van der Waals surface area contributed by atoms with Gasteiger partial charge in [0.05, 0.1) is 12.7 Å². The Balaban J connectivity index is 3.08. The molecule has 0 aliphatic carbocycles. The van der Waals surface area contributed by atoms with E-state index in [0.717, 1.165) is 0 Å². The van der Waals surface area contributed by atoms with E-state index in [1.54, 1.807) is 0 Å². The number of hydrogen-bond donors (Lipinski definition) is 3. The second-order valence-electron chi connectivity index (χ2n) is 4.86. The Bertz CT molecular complexity index is 409. The number of aliphatic hydroxyl groups excluding tert-OH is 2. The van der Waals surface area contributed by atoms with Crippen LogP contribution in [0.1, 0.15) is 13.8 Å². The minimum Gasteiger partial charge on any atom is -0.462 e. The quantitative estimate of drug-likeness (QED) is 0.548. The van der Waals surface area contributed by atoms with Gasteiger partial charge in [-0.2, -0.15) is 4.39 Å². The first-order chi connectivity index (χ1) is 9.70. The highest BCUT2D eigenvalue weighted by Gasteiger charge is 2.61. The van der Waals surface area contributed by atoms with Gasteiger partial charge in [-0.05, 0) is 6.92 Å². The molecule has 1 heterocycles. The van der Waals surface area contributed by atoms with E-state index in [0.29, 0.717) is 0 Å². The molecule has 0 radical (unpaired) electrons. The molecule has 1 aliphatic heterocycles. The minimum absolute atomic E-state index is 0.214. The van der Waals surface area contributed by atoms with Gasteiger partial charge < -0.3 is 25.4 Å². The Morgan fingerprint density at radius 3 is 2.57 bits per heavy atom. The van der Waals surface area contributed by atoms with Crippen molar-refractivity contribution in [1.29, 1.82) is 0 Å². The minimum atomic E-state index is -3.51. The van der Waals surface area contributed by atoms with Crippen molar-refractivity contribution in [2.24, 2.45) is 11.7 Å². The molecule has 0 bridgehead atoms. The average Bonchev–Trinajstić information content (AvgIpc) is 2.47. The van der Waals surface area contributed by atoms with Crippen molar-refractivity contribution < 1.29 is 38.1 Å². The number of nitrogens with two attached hydrogens (primary N) is 1. The largest absolute Gasteiger partial charge is 0.462 e. The van der Waals surface area contributed by atoms with Crippen LogP contribution < -0.4 is 5.73 Å². The first-order valence-corrected chi connectivity index (χ1v) is 6.45. The average molecular weight is 311 g/mol. The Hall–Kier alpha value is -1.16. The topological polar surface area (TPSA) is 119 Å². The summed E-state index contributed by atoms with van der Waals surface area (Å²) >= 11 is 0. The number of carbonyl (C=O) groups is 2. The molecule has 21 heavy (non-hydrogen) atoms. The number of esters is 1. The number of aliphatic hydroxyl groups is 2. The van der Waals surface area contributed by atoms with Gasteiger partial charge in [0.1, 0.15) is 12.7 Å². The summed E-state index contributed by atoms with van der Waals surface area (Å²) in [6.45, 7) is 1.50. The Morgan fingerprint density at radius 1 is 1.52 bits per heavy atom. The zero-order chi connectivity index (χ0) is 16.4. The molecule has 1 fully saturated rings. The fourth-order valence-electron chi connectivity index (χ4n) is 2.12. The monoisotopic (exact) mass is 311 g/mol. The predicted molar refractivity (Wildman–Crippen MR) is 65.5 cm³/mol. The number of halogens is 2. The second-order valence-corrected chi connectivity index (χ2v) is 4.86. The van der Waals surface area contributed by atoms with Crippen LogP contribution in [0, 0.1) is 5.92 Å². The van der Waals surface area contributed by atoms with E-state index in [1.165, 1.54) is 13.8 Å². The van der Waals surface area contributed by atoms with Gasteiger partial charge in [-0.15, -0.1) is 0 Å². The summed E-state index contributed by atoms with van der Waals surface area (Å²) in [5, 5.41) is 18.4. The van der Waals surface area contributed by atoms with Crippen molar-refractivity contribution in [1.82, 2.24) is 0 Å². The van der Waals surface area contributed by atoms with Gasteiger partial charge in [-0.3, -0.25) is 4.79 Å². The van der Waals surface area contributed by atoms with E-state index in [4.69, 9.17) is 10.8 Å². The first-order valence-electron chi connectivity index (χ1n) is 6.45. The SMILES string of the molecule is CCOC(=O)C1(F)OC(C(O)C(=O)CO)C(C)C(N)C1F. The predicted octanol–water partition coefficient (Wildman–Crippen LogP) is -1.16. The van der Waals surface area contributed by atoms with Crippen LogP contribution in [0.25, 0.3) is 0 Å². The van der Waals surface area contributed by atoms with Crippen LogP contribution in [0.15, 0.2) is 0 Å². The fourth-order valence-corrected chi connectivity index (χ4v) is 2.12. The lowest BCUT2D eigenvalue weighted by Crippen LogP contribution is -2.66. The molecule has 6 unspecified atom stereocenters. The van der Waals surface area contributed by atoms with Gasteiger partial charge in [-0.25, -0.2) is 9.18 Å². The molecular weight excluding hydrogens is 292 g/mol. The molecule has 6 atom stereocenters. The second kappa shape index (κ2) is 6.73. The molecule has 4 N–H and O–H groups in total. The van der Waals surface area contributed by atoms with Crippen LogP contribution in [0.4, 0.5) is 8.78 Å². The number of ketones is 1. The molecule has 0 aromatic rings. The number of ether oxygens (including phenoxy) is 2. The lowest BCUT2D eigenvalue weighted by Gasteiger charge is -2.44. The molecule has 7 nitrogen and oxygen atoms in total. The molecule has 0 spiro atoms. The van der Waals surface area contributed by atoms with Crippen molar-refractivity contribution >= 4 is 11.8 Å². The maximum Gasteiger partial charge on any atom is 0.375 e. The van der Waals surface area contributed by atoms with Gasteiger partial charge in [0.2, 0.25) is 0 Å². The van der Waals surface area contributed by atoms with Crippen LogP contribution in [-0.4, -0.2) is 65.5 Å². The third kappa shape index (κ3) is 3.20. The highest BCUT2D eigenvalue weighted by atomic mass is 19.2. The van der Waals surface area contributed by atoms with Gasteiger partial charge in [0.15, 0.2) is 12.0 Å². The summed E-state index contributed by atoms with van der Waals surface area (Å²) in [6.07, 6.45) is -6.03. The van der Waals surface area contributed by atoms with Gasteiger partial charge in [-0.1, -0.05) is 6.92 Å². The highest BCUT2D eigenvalue weighted by Crippen LogP contribution is 2.37. The number of alkyl halides is 2. The summed E-state index contributed by atoms with van der Waals surface area (Å²) in [4.78, 5) is 22.9. The Labute approximate surface area is 120 Å². The molecule has 1 rings (SSSR count). The zero-order valence-electron chi connectivity index (χ0n) is 11.7. The van der Waals surface area contributed by atoms with Crippen molar-refractivity contribution in [3.05, 3.63) is 0 Å². The van der Waals surface area contributed by atoms with Crippen molar-refractivity contribution in [3.63, 3.8) is 0 Å². The smallest absolute Gasteiger partial charge is 0.375 e. The Morgan fingerprint density at radius 2 is 2.10 bits per heavy atom. The molecule has 0 saturated carbocycles. The van der Waals surface area contributed by atoms with Crippen LogP contribution in [0.2, 0.25) is 0 Å². The summed E-state index contributed by atoms with van der Waals surface area (Å²) in [5.41, 5.74) is 5.51. The molecule has 0 aromatic carbocycles. The van der Waals surface area contributed by atoms with Crippen LogP contribution >= 0.6 is 0 Å². The first kappa shape index (κ1) is 17.9. The third-order valence-electron chi connectivity index (χ3n) is 3.48. The molecular formula is C12H19F2NO6. The molecule has 0 amide bonds. The molecule has 0 aromatic heterocycles. The number of hydrogen-bond acceptors (Lipinski definition) is 7. The van der Waals surface area contributed by atoms with Crippen LogP contribution in [0.3, 0.4) is 0 Å². The fraction of sp³-hybridized carbons (Fsp3) is 0.833. The van der Waals surface area contributed by atoms with E-state index in [2.05, 4.69) is 9.47 Å². The maximum absolute atomic E-state index is 14.5. The lowest BCUT2D eigenvalue weighted by atomic mass is 9.83. The van der Waals surface area contributed by atoms with Crippen molar-refractivity contribution in [2.45, 2.75) is 44.1 Å². The van der Waals surface area contributed by atoms with E-state index >= 15 is 0 Å². The normalized spacial score (nSPS) is 37.9.